The molecule has 6 aromatic carbocycles. The highest BCUT2D eigenvalue weighted by Crippen LogP contribution is 2.36. The van der Waals surface area contributed by atoms with Crippen LogP contribution in [0, 0.1) is 22.7 Å². The second kappa shape index (κ2) is 12.1. The summed E-state index contributed by atoms with van der Waals surface area (Å²) in [6.45, 7) is 0. The van der Waals surface area contributed by atoms with Crippen molar-refractivity contribution in [3.8, 4) is 68.3 Å². The van der Waals surface area contributed by atoms with Crippen molar-refractivity contribution in [2.24, 2.45) is 0 Å². The van der Waals surface area contributed by atoms with E-state index in [0.717, 1.165) is 44.7 Å². The van der Waals surface area contributed by atoms with Crippen LogP contribution < -0.4 is 0 Å². The van der Waals surface area contributed by atoms with E-state index in [-0.39, 0.29) is 0 Å². The van der Waals surface area contributed by atoms with Crippen LogP contribution in [-0.2, 0) is 0 Å². The van der Waals surface area contributed by atoms with Crippen LogP contribution >= 0.6 is 0 Å². The first-order valence-corrected chi connectivity index (χ1v) is 15.4. The van der Waals surface area contributed by atoms with Crippen LogP contribution in [0.25, 0.3) is 78.2 Å². The maximum Gasteiger partial charge on any atom is 0.0998 e. The quantitative estimate of drug-likeness (QED) is 0.192. The smallest absolute Gasteiger partial charge is 0.0998 e. The second-order valence-electron chi connectivity index (χ2n) is 11.3. The number of hydrogen-bond donors (Lipinski definition) is 0. The van der Waals surface area contributed by atoms with Crippen molar-refractivity contribution in [2.45, 2.75) is 0 Å². The standard InChI is InChI=1S/C42H24N6/c43-25-31-15-7-9-17-33(31)41-42(34-18-10-8-16-32(34)26-44)48-38-24-30(20-22-36(38)46-41)29-19-21-35-37(23-29)47-40(28-13-5-2-6-14-28)39(45-35)27-11-3-1-4-12-27/h1-24H. The second-order valence-corrected chi connectivity index (χ2v) is 11.3. The van der Waals surface area contributed by atoms with Gasteiger partial charge in [0, 0.05) is 22.3 Å². The lowest BCUT2D eigenvalue weighted by molar-refractivity contribution is 1.28. The Hall–Kier alpha value is -7.02. The molecule has 0 unspecified atom stereocenters. The summed E-state index contributed by atoms with van der Waals surface area (Å²) in [6, 6.07) is 51.6. The third kappa shape index (κ3) is 5.10. The van der Waals surface area contributed by atoms with E-state index in [9.17, 15) is 10.5 Å². The van der Waals surface area contributed by atoms with Crippen LogP contribution in [0.15, 0.2) is 146 Å². The van der Waals surface area contributed by atoms with Crippen molar-refractivity contribution in [1.29, 1.82) is 10.5 Å². The number of nitriles is 2. The number of hydrogen-bond acceptors (Lipinski definition) is 6. The molecule has 0 spiro atoms. The molecule has 0 radical (unpaired) electrons. The van der Waals surface area contributed by atoms with Gasteiger partial charge in [-0.15, -0.1) is 0 Å². The highest BCUT2D eigenvalue weighted by molar-refractivity contribution is 5.93. The molecule has 0 amide bonds. The normalized spacial score (nSPS) is 10.9. The van der Waals surface area contributed by atoms with Crippen LogP contribution in [0.2, 0.25) is 0 Å². The zero-order valence-electron chi connectivity index (χ0n) is 25.5. The number of nitrogens with zero attached hydrogens (tertiary/aromatic N) is 6. The lowest BCUT2D eigenvalue weighted by atomic mass is 9.97. The first-order valence-electron chi connectivity index (χ1n) is 15.4. The zero-order chi connectivity index (χ0) is 32.5. The minimum absolute atomic E-state index is 0.482. The first kappa shape index (κ1) is 28.5. The molecule has 0 aliphatic rings. The van der Waals surface area contributed by atoms with Gasteiger partial charge in [0.2, 0.25) is 0 Å². The maximum atomic E-state index is 9.95. The fourth-order valence-corrected chi connectivity index (χ4v) is 6.01. The molecule has 6 heteroatoms. The van der Waals surface area contributed by atoms with E-state index in [0.29, 0.717) is 44.7 Å². The Balaban J connectivity index is 1.30. The van der Waals surface area contributed by atoms with Gasteiger partial charge in [-0.25, -0.2) is 19.9 Å². The molecule has 8 aromatic rings. The average Bonchev–Trinajstić information content (AvgIpc) is 3.17. The lowest BCUT2D eigenvalue weighted by Gasteiger charge is -2.14. The topological polar surface area (TPSA) is 99.1 Å². The summed E-state index contributed by atoms with van der Waals surface area (Å²) in [5.74, 6) is 0. The van der Waals surface area contributed by atoms with Gasteiger partial charge in [-0.1, -0.05) is 109 Å². The van der Waals surface area contributed by atoms with E-state index in [1.165, 1.54) is 0 Å². The third-order valence-corrected chi connectivity index (χ3v) is 8.36. The largest absolute Gasteiger partial charge is 0.244 e. The SMILES string of the molecule is N#Cc1ccccc1-c1nc2ccc(-c3ccc4nc(-c5ccccc5)c(-c5ccccc5)nc4c3)cc2nc1-c1ccccc1C#N. The molecule has 0 aliphatic carbocycles. The third-order valence-electron chi connectivity index (χ3n) is 8.36. The Bertz CT molecular complexity index is 2580. The molecule has 0 atom stereocenters. The van der Waals surface area contributed by atoms with Crippen molar-refractivity contribution in [1.82, 2.24) is 19.9 Å². The van der Waals surface area contributed by atoms with E-state index in [1.807, 2.05) is 103 Å². The molecule has 0 N–H and O–H groups in total. The van der Waals surface area contributed by atoms with Crippen LogP contribution in [0.5, 0.6) is 0 Å². The fraction of sp³-hybridized carbons (Fsp3) is 0. The molecule has 0 aliphatic heterocycles. The number of fused-ring (bicyclic) bond motifs is 2. The predicted octanol–water partition coefficient (Wildman–Crippen LogP) is 9.65. The number of aromatic nitrogens is 4. The van der Waals surface area contributed by atoms with Crippen molar-refractivity contribution in [2.75, 3.05) is 0 Å². The predicted molar refractivity (Wildman–Crippen MR) is 189 cm³/mol. The Morgan fingerprint density at radius 1 is 0.333 bits per heavy atom. The number of benzene rings is 6. The molecule has 48 heavy (non-hydrogen) atoms. The van der Waals surface area contributed by atoms with Gasteiger partial charge in [-0.05, 0) is 47.5 Å². The van der Waals surface area contributed by atoms with Crippen molar-refractivity contribution in [3.05, 3.63) is 157 Å². The van der Waals surface area contributed by atoms with Gasteiger partial charge in [-0.2, -0.15) is 10.5 Å². The van der Waals surface area contributed by atoms with E-state index in [1.54, 1.807) is 12.1 Å². The van der Waals surface area contributed by atoms with E-state index >= 15 is 0 Å². The van der Waals surface area contributed by atoms with E-state index < -0.39 is 0 Å². The molecule has 6 nitrogen and oxygen atoms in total. The minimum Gasteiger partial charge on any atom is -0.244 e. The summed E-state index contributed by atoms with van der Waals surface area (Å²) in [7, 11) is 0. The number of rotatable bonds is 5. The Labute approximate surface area is 276 Å². The summed E-state index contributed by atoms with van der Waals surface area (Å²) in [5.41, 5.74) is 11.9. The van der Waals surface area contributed by atoms with Crippen LogP contribution in [0.3, 0.4) is 0 Å². The Morgan fingerprint density at radius 3 is 1.17 bits per heavy atom. The van der Waals surface area contributed by atoms with Gasteiger partial charge in [0.1, 0.15) is 0 Å². The molecule has 222 valence electrons. The molecule has 8 rings (SSSR count). The van der Waals surface area contributed by atoms with Crippen LogP contribution in [0.1, 0.15) is 11.1 Å². The molecule has 0 bridgehead atoms. The van der Waals surface area contributed by atoms with Crippen molar-refractivity contribution < 1.29 is 0 Å². The highest BCUT2D eigenvalue weighted by atomic mass is 14.8. The summed E-state index contributed by atoms with van der Waals surface area (Å²) in [5, 5.41) is 19.8. The molecule has 0 fully saturated rings. The van der Waals surface area contributed by atoms with Gasteiger partial charge >= 0.3 is 0 Å². The maximum absolute atomic E-state index is 9.95. The summed E-state index contributed by atoms with van der Waals surface area (Å²) < 4.78 is 0. The minimum atomic E-state index is 0.482. The molecular formula is C42H24N6. The highest BCUT2D eigenvalue weighted by Gasteiger charge is 2.19. The molecule has 0 saturated carbocycles. The molecular weight excluding hydrogens is 589 g/mol. The van der Waals surface area contributed by atoms with Crippen molar-refractivity contribution >= 4 is 22.1 Å². The van der Waals surface area contributed by atoms with E-state index in [2.05, 4.69) is 42.5 Å². The van der Waals surface area contributed by atoms with Gasteiger partial charge in [0.05, 0.1) is 68.1 Å². The zero-order valence-corrected chi connectivity index (χ0v) is 25.5. The summed E-state index contributed by atoms with van der Waals surface area (Å²) in [6.07, 6.45) is 0. The Kier molecular flexibility index (Phi) is 7.15. The lowest BCUT2D eigenvalue weighted by Crippen LogP contribution is -1.99. The van der Waals surface area contributed by atoms with Crippen LogP contribution in [-0.4, -0.2) is 19.9 Å². The van der Waals surface area contributed by atoms with E-state index in [4.69, 9.17) is 19.9 Å². The Morgan fingerprint density at radius 2 is 0.708 bits per heavy atom. The first-order chi connectivity index (χ1) is 23.7. The van der Waals surface area contributed by atoms with Gasteiger partial charge in [0.25, 0.3) is 0 Å². The van der Waals surface area contributed by atoms with Gasteiger partial charge in [0.15, 0.2) is 0 Å². The van der Waals surface area contributed by atoms with Crippen molar-refractivity contribution in [3.63, 3.8) is 0 Å². The molecule has 2 heterocycles. The summed E-state index contributed by atoms with van der Waals surface area (Å²) >= 11 is 0. The average molecular weight is 613 g/mol. The van der Waals surface area contributed by atoms with Gasteiger partial charge in [-0.3, -0.25) is 0 Å². The monoisotopic (exact) mass is 612 g/mol. The van der Waals surface area contributed by atoms with Crippen LogP contribution in [0.4, 0.5) is 0 Å². The molecule has 0 saturated heterocycles. The molecule has 2 aromatic heterocycles. The fourth-order valence-electron chi connectivity index (χ4n) is 6.01. The summed E-state index contributed by atoms with van der Waals surface area (Å²) in [4.78, 5) is 20.4. The van der Waals surface area contributed by atoms with Gasteiger partial charge < -0.3 is 0 Å².